The van der Waals surface area contributed by atoms with Crippen molar-refractivity contribution in [2.75, 3.05) is 45.3 Å². The molecule has 0 atom stereocenters. The van der Waals surface area contributed by atoms with Crippen molar-refractivity contribution in [3.8, 4) is 0 Å². The third-order valence-corrected chi connectivity index (χ3v) is 7.15. The van der Waals surface area contributed by atoms with Gasteiger partial charge in [0.25, 0.3) is 5.91 Å². The summed E-state index contributed by atoms with van der Waals surface area (Å²) < 4.78 is 33.1. The number of hydrogen-bond acceptors (Lipinski definition) is 6. The first kappa shape index (κ1) is 19.8. The second-order valence-corrected chi connectivity index (χ2v) is 9.35. The zero-order valence-electron chi connectivity index (χ0n) is 15.3. The number of rotatable bonds is 6. The molecular formula is C18H23N3O4S2. The fraction of sp³-hybridized carbons (Fsp3) is 0.389. The first-order valence-electron chi connectivity index (χ1n) is 8.58. The molecule has 2 aromatic rings. The number of hydrogen-bond donors (Lipinski definition) is 1. The minimum atomic E-state index is -3.67. The molecule has 1 aromatic heterocycles. The third kappa shape index (κ3) is 4.86. The van der Waals surface area contributed by atoms with E-state index in [2.05, 4.69) is 4.72 Å². The first-order chi connectivity index (χ1) is 12.9. The summed E-state index contributed by atoms with van der Waals surface area (Å²) in [5.41, 5.74) is 2.31. The van der Waals surface area contributed by atoms with Crippen LogP contribution in [0, 0.1) is 0 Å². The lowest BCUT2D eigenvalue weighted by Gasteiger charge is -2.26. The molecule has 1 saturated heterocycles. The van der Waals surface area contributed by atoms with Crippen molar-refractivity contribution >= 4 is 33.0 Å². The van der Waals surface area contributed by atoms with Gasteiger partial charge in [-0.25, -0.2) is 13.1 Å². The number of anilines is 1. The molecule has 0 radical (unpaired) electrons. The van der Waals surface area contributed by atoms with Gasteiger partial charge in [0, 0.05) is 44.8 Å². The quantitative estimate of drug-likeness (QED) is 0.787. The van der Waals surface area contributed by atoms with Crippen LogP contribution in [-0.2, 0) is 21.3 Å². The Balaban J connectivity index is 1.64. The number of nitrogens with zero attached hydrogens (tertiary/aromatic N) is 2. The molecule has 0 aliphatic carbocycles. The average molecular weight is 410 g/mol. The molecule has 3 rings (SSSR count). The maximum atomic E-state index is 12.5. The molecule has 0 spiro atoms. The van der Waals surface area contributed by atoms with Crippen LogP contribution in [0.25, 0.3) is 0 Å². The van der Waals surface area contributed by atoms with Gasteiger partial charge in [0.2, 0.25) is 10.0 Å². The monoisotopic (exact) mass is 409 g/mol. The standard InChI is InChI=1S/C18H23N3O4S2/c1-20(2)16-5-3-14(4-6-16)12-19-27(23,24)17-11-15(13-26-17)18(22)21-7-9-25-10-8-21/h3-6,11,13,19H,7-10,12H2,1-2H3. The lowest BCUT2D eigenvalue weighted by atomic mass is 10.2. The average Bonchev–Trinajstić information content (AvgIpc) is 3.18. The number of benzene rings is 1. The third-order valence-electron chi connectivity index (χ3n) is 4.30. The van der Waals surface area contributed by atoms with Gasteiger partial charge in [-0.15, -0.1) is 11.3 Å². The van der Waals surface area contributed by atoms with Crippen molar-refractivity contribution in [3.63, 3.8) is 0 Å². The number of morpholine rings is 1. The molecule has 9 heteroatoms. The Morgan fingerprint density at radius 1 is 1.22 bits per heavy atom. The summed E-state index contributed by atoms with van der Waals surface area (Å²) in [4.78, 5) is 16.1. The van der Waals surface area contributed by atoms with E-state index in [-0.39, 0.29) is 16.7 Å². The van der Waals surface area contributed by atoms with E-state index < -0.39 is 10.0 Å². The molecule has 0 bridgehead atoms. The van der Waals surface area contributed by atoms with E-state index in [1.807, 2.05) is 43.3 Å². The predicted octanol–water partition coefficient (Wildman–Crippen LogP) is 1.76. The van der Waals surface area contributed by atoms with E-state index >= 15 is 0 Å². The van der Waals surface area contributed by atoms with Gasteiger partial charge in [0.1, 0.15) is 4.21 Å². The molecule has 1 aliphatic heterocycles. The van der Waals surface area contributed by atoms with E-state index in [0.29, 0.717) is 31.9 Å². The van der Waals surface area contributed by atoms with Crippen molar-refractivity contribution in [2.24, 2.45) is 0 Å². The van der Waals surface area contributed by atoms with E-state index in [4.69, 9.17) is 4.74 Å². The van der Waals surface area contributed by atoms with Crippen molar-refractivity contribution < 1.29 is 17.9 Å². The van der Waals surface area contributed by atoms with Crippen LogP contribution in [-0.4, -0.2) is 59.6 Å². The normalized spacial score (nSPS) is 15.0. The molecule has 1 amide bonds. The molecule has 2 heterocycles. The minimum Gasteiger partial charge on any atom is -0.378 e. The van der Waals surface area contributed by atoms with Crippen LogP contribution in [0.2, 0.25) is 0 Å². The van der Waals surface area contributed by atoms with Crippen molar-refractivity contribution in [2.45, 2.75) is 10.8 Å². The number of nitrogens with one attached hydrogen (secondary N) is 1. The summed E-state index contributed by atoms with van der Waals surface area (Å²) >= 11 is 1.05. The number of ether oxygens (including phenoxy) is 1. The maximum Gasteiger partial charge on any atom is 0.254 e. The largest absolute Gasteiger partial charge is 0.378 e. The Morgan fingerprint density at radius 3 is 2.52 bits per heavy atom. The predicted molar refractivity (Wildman–Crippen MR) is 106 cm³/mol. The second-order valence-electron chi connectivity index (χ2n) is 6.44. The molecule has 1 N–H and O–H groups in total. The summed E-state index contributed by atoms with van der Waals surface area (Å²) in [6.07, 6.45) is 0. The fourth-order valence-corrected chi connectivity index (χ4v) is 4.90. The summed E-state index contributed by atoms with van der Waals surface area (Å²) in [6, 6.07) is 9.10. The smallest absolute Gasteiger partial charge is 0.254 e. The molecule has 27 heavy (non-hydrogen) atoms. The second kappa shape index (κ2) is 8.39. The van der Waals surface area contributed by atoms with Gasteiger partial charge in [-0.1, -0.05) is 12.1 Å². The van der Waals surface area contributed by atoms with Gasteiger partial charge in [-0.05, 0) is 23.8 Å². The Bertz CT molecular complexity index is 886. The van der Waals surface area contributed by atoms with Crippen LogP contribution in [0.3, 0.4) is 0 Å². The van der Waals surface area contributed by atoms with Gasteiger partial charge >= 0.3 is 0 Å². The van der Waals surface area contributed by atoms with Crippen LogP contribution >= 0.6 is 11.3 Å². The molecule has 7 nitrogen and oxygen atoms in total. The van der Waals surface area contributed by atoms with E-state index in [1.54, 1.807) is 10.3 Å². The molecular weight excluding hydrogens is 386 g/mol. The zero-order chi connectivity index (χ0) is 19.4. The van der Waals surface area contributed by atoms with Crippen LogP contribution in [0.5, 0.6) is 0 Å². The van der Waals surface area contributed by atoms with E-state index in [1.165, 1.54) is 6.07 Å². The number of carbonyl (C=O) groups excluding carboxylic acids is 1. The van der Waals surface area contributed by atoms with Gasteiger partial charge in [-0.3, -0.25) is 4.79 Å². The van der Waals surface area contributed by atoms with Crippen molar-refractivity contribution in [3.05, 3.63) is 46.8 Å². The lowest BCUT2D eigenvalue weighted by Crippen LogP contribution is -2.40. The number of thiophene rings is 1. The molecule has 1 aliphatic rings. The summed E-state index contributed by atoms with van der Waals surface area (Å²) in [5.74, 6) is -0.157. The summed E-state index contributed by atoms with van der Waals surface area (Å²) in [7, 11) is 0.232. The Morgan fingerprint density at radius 2 is 1.89 bits per heavy atom. The Labute approximate surface area is 163 Å². The first-order valence-corrected chi connectivity index (χ1v) is 10.9. The highest BCUT2D eigenvalue weighted by Crippen LogP contribution is 2.22. The van der Waals surface area contributed by atoms with Gasteiger partial charge in [0.05, 0.1) is 18.8 Å². The number of amides is 1. The van der Waals surface area contributed by atoms with Crippen LogP contribution < -0.4 is 9.62 Å². The highest BCUT2D eigenvalue weighted by molar-refractivity contribution is 7.91. The molecule has 0 saturated carbocycles. The minimum absolute atomic E-state index is 0.143. The van der Waals surface area contributed by atoms with Crippen LogP contribution in [0.1, 0.15) is 15.9 Å². The Kier molecular flexibility index (Phi) is 6.15. The molecule has 1 fully saturated rings. The number of carbonyl (C=O) groups is 1. The van der Waals surface area contributed by atoms with Crippen molar-refractivity contribution in [1.82, 2.24) is 9.62 Å². The van der Waals surface area contributed by atoms with Crippen molar-refractivity contribution in [1.29, 1.82) is 0 Å². The molecule has 146 valence electrons. The topological polar surface area (TPSA) is 79.0 Å². The van der Waals surface area contributed by atoms with E-state index in [9.17, 15) is 13.2 Å². The van der Waals surface area contributed by atoms with E-state index in [0.717, 1.165) is 22.6 Å². The molecule has 0 unspecified atom stereocenters. The number of sulfonamides is 1. The highest BCUT2D eigenvalue weighted by atomic mass is 32.2. The Hall–Kier alpha value is -1.94. The maximum absolute atomic E-state index is 12.5. The zero-order valence-corrected chi connectivity index (χ0v) is 17.0. The fourth-order valence-electron chi connectivity index (χ4n) is 2.68. The lowest BCUT2D eigenvalue weighted by molar-refractivity contribution is 0.0303. The van der Waals surface area contributed by atoms with Gasteiger partial charge < -0.3 is 14.5 Å². The van der Waals surface area contributed by atoms with Gasteiger partial charge in [0.15, 0.2) is 0 Å². The SMILES string of the molecule is CN(C)c1ccc(CNS(=O)(=O)c2cc(C(=O)N3CCOCC3)cs2)cc1. The van der Waals surface area contributed by atoms with Crippen LogP contribution in [0.4, 0.5) is 5.69 Å². The summed E-state index contributed by atoms with van der Waals surface area (Å²) in [5, 5.41) is 1.60. The molecule has 1 aromatic carbocycles. The highest BCUT2D eigenvalue weighted by Gasteiger charge is 2.23. The summed E-state index contributed by atoms with van der Waals surface area (Å²) in [6.45, 7) is 2.26. The van der Waals surface area contributed by atoms with Gasteiger partial charge in [-0.2, -0.15) is 0 Å². The van der Waals surface area contributed by atoms with Crippen LogP contribution in [0.15, 0.2) is 39.9 Å².